The lowest BCUT2D eigenvalue weighted by atomic mass is 9.81. The van der Waals surface area contributed by atoms with Gasteiger partial charge in [0.1, 0.15) is 17.5 Å². The molecule has 0 bridgehead atoms. The first-order valence-corrected chi connectivity index (χ1v) is 9.22. The lowest BCUT2D eigenvalue weighted by Crippen LogP contribution is -2.39. The second-order valence-corrected chi connectivity index (χ2v) is 7.27. The standard InChI is InChI=1S/C22H17FN2O5/c1-11-8-16(23)19-18(15(11)10-24)14-6-7-30-22(9-17(26)27,20(14)25-19)13-4-2-12(3-5-13)21(28)29/h2-5,8,25H,6-7,9H2,1H3,(H,26,27)(H,28,29). The van der Waals surface area contributed by atoms with Gasteiger partial charge in [0.15, 0.2) is 0 Å². The minimum Gasteiger partial charge on any atom is -0.481 e. The van der Waals surface area contributed by atoms with Crippen molar-refractivity contribution in [3.05, 3.63) is 69.7 Å². The molecule has 2 heterocycles. The Kier molecular flexibility index (Phi) is 4.56. The van der Waals surface area contributed by atoms with Gasteiger partial charge in [-0.3, -0.25) is 4.79 Å². The summed E-state index contributed by atoms with van der Waals surface area (Å²) in [4.78, 5) is 26.0. The van der Waals surface area contributed by atoms with Crippen LogP contribution in [0.3, 0.4) is 0 Å². The SMILES string of the molecule is Cc1cc(F)c2[nH]c3c(c2c1C#N)CCOC3(CC(=O)O)c1ccc(C(=O)O)cc1. The zero-order valence-electron chi connectivity index (χ0n) is 16.0. The summed E-state index contributed by atoms with van der Waals surface area (Å²) in [5, 5.41) is 28.9. The number of nitriles is 1. The number of carboxylic acid groups (broad SMARTS) is 2. The van der Waals surface area contributed by atoms with Gasteiger partial charge in [0, 0.05) is 5.39 Å². The van der Waals surface area contributed by atoms with Crippen molar-refractivity contribution in [3.8, 4) is 6.07 Å². The lowest BCUT2D eigenvalue weighted by Gasteiger charge is -2.37. The fraction of sp³-hybridized carbons (Fsp3) is 0.227. The number of carbonyl (C=O) groups is 2. The van der Waals surface area contributed by atoms with Crippen LogP contribution in [0.2, 0.25) is 0 Å². The number of H-pyrrole nitrogens is 1. The van der Waals surface area contributed by atoms with Crippen LogP contribution >= 0.6 is 0 Å². The highest BCUT2D eigenvalue weighted by Crippen LogP contribution is 2.45. The quantitative estimate of drug-likeness (QED) is 0.607. The minimum atomic E-state index is -1.47. The average molecular weight is 408 g/mol. The van der Waals surface area contributed by atoms with Gasteiger partial charge in [0.25, 0.3) is 0 Å². The Bertz CT molecular complexity index is 1240. The van der Waals surface area contributed by atoms with E-state index in [0.717, 1.165) is 0 Å². The number of ether oxygens (including phenoxy) is 1. The zero-order valence-corrected chi connectivity index (χ0v) is 16.0. The number of aromatic amines is 1. The number of nitrogens with one attached hydrogen (secondary N) is 1. The van der Waals surface area contributed by atoms with Crippen LogP contribution in [0.4, 0.5) is 4.39 Å². The first-order valence-electron chi connectivity index (χ1n) is 9.22. The van der Waals surface area contributed by atoms with E-state index in [-0.39, 0.29) is 17.7 Å². The number of rotatable bonds is 4. The number of hydrogen-bond donors (Lipinski definition) is 3. The van der Waals surface area contributed by atoms with Crippen molar-refractivity contribution in [1.82, 2.24) is 4.98 Å². The summed E-state index contributed by atoms with van der Waals surface area (Å²) in [6, 6.07) is 9.12. The van der Waals surface area contributed by atoms with Gasteiger partial charge in [0.2, 0.25) is 0 Å². The van der Waals surface area contributed by atoms with E-state index < -0.39 is 29.8 Å². The molecule has 1 aliphatic rings. The summed E-state index contributed by atoms with van der Waals surface area (Å²) in [7, 11) is 0. The molecule has 2 aromatic carbocycles. The molecule has 0 fully saturated rings. The molecule has 30 heavy (non-hydrogen) atoms. The normalized spacial score (nSPS) is 18.0. The van der Waals surface area contributed by atoms with Crippen LogP contribution in [0.15, 0.2) is 30.3 Å². The molecule has 0 saturated carbocycles. The third kappa shape index (κ3) is 2.83. The fourth-order valence-corrected chi connectivity index (χ4v) is 4.23. The van der Waals surface area contributed by atoms with Crippen molar-refractivity contribution < 1.29 is 28.9 Å². The molecule has 0 aliphatic carbocycles. The van der Waals surface area contributed by atoms with Crippen LogP contribution in [0.1, 0.15) is 44.7 Å². The van der Waals surface area contributed by atoms with E-state index in [2.05, 4.69) is 11.1 Å². The third-order valence-electron chi connectivity index (χ3n) is 5.54. The predicted molar refractivity (Wildman–Crippen MR) is 104 cm³/mol. The zero-order chi connectivity index (χ0) is 21.6. The van der Waals surface area contributed by atoms with Crippen molar-refractivity contribution in [2.45, 2.75) is 25.4 Å². The Morgan fingerprint density at radius 2 is 2.00 bits per heavy atom. The number of benzene rings is 2. The van der Waals surface area contributed by atoms with E-state index in [9.17, 15) is 24.3 Å². The van der Waals surface area contributed by atoms with E-state index in [1.54, 1.807) is 6.92 Å². The molecule has 1 aliphatic heterocycles. The molecule has 0 radical (unpaired) electrons. The molecule has 0 spiro atoms. The largest absolute Gasteiger partial charge is 0.481 e. The number of aromatic carboxylic acids is 1. The van der Waals surface area contributed by atoms with E-state index in [0.29, 0.717) is 39.8 Å². The molecule has 8 heteroatoms. The van der Waals surface area contributed by atoms with Crippen molar-refractivity contribution in [3.63, 3.8) is 0 Å². The average Bonchev–Trinajstić information content (AvgIpc) is 3.09. The Hall–Kier alpha value is -3.70. The molecular formula is C22H17FN2O5. The first-order chi connectivity index (χ1) is 14.3. The fourth-order valence-electron chi connectivity index (χ4n) is 4.23. The number of aromatic nitrogens is 1. The van der Waals surface area contributed by atoms with Crippen LogP contribution in [-0.4, -0.2) is 33.7 Å². The van der Waals surface area contributed by atoms with E-state index in [1.807, 2.05) is 0 Å². The van der Waals surface area contributed by atoms with Gasteiger partial charge < -0.3 is 19.9 Å². The Balaban J connectivity index is 2.04. The maximum absolute atomic E-state index is 14.7. The van der Waals surface area contributed by atoms with Crippen LogP contribution in [0, 0.1) is 24.1 Å². The maximum atomic E-state index is 14.7. The van der Waals surface area contributed by atoms with Gasteiger partial charge in [0.05, 0.1) is 35.4 Å². The predicted octanol–water partition coefficient (Wildman–Crippen LogP) is 3.48. The number of carboxylic acids is 2. The molecule has 3 N–H and O–H groups in total. The molecule has 152 valence electrons. The Morgan fingerprint density at radius 3 is 2.60 bits per heavy atom. The first kappa shape index (κ1) is 19.6. The smallest absolute Gasteiger partial charge is 0.335 e. The van der Waals surface area contributed by atoms with Gasteiger partial charge >= 0.3 is 11.9 Å². The minimum absolute atomic E-state index is 0.0466. The van der Waals surface area contributed by atoms with Crippen molar-refractivity contribution in [2.75, 3.05) is 6.61 Å². The summed E-state index contributed by atoms with van der Waals surface area (Å²) in [6.07, 6.45) is -0.0801. The van der Waals surface area contributed by atoms with Gasteiger partial charge in [-0.05, 0) is 48.2 Å². The molecular weight excluding hydrogens is 391 g/mol. The number of halogens is 1. The Morgan fingerprint density at radius 1 is 1.30 bits per heavy atom. The van der Waals surface area contributed by atoms with E-state index >= 15 is 0 Å². The van der Waals surface area contributed by atoms with E-state index in [1.165, 1.54) is 30.3 Å². The maximum Gasteiger partial charge on any atom is 0.335 e. The van der Waals surface area contributed by atoms with Crippen molar-refractivity contribution in [2.24, 2.45) is 0 Å². The van der Waals surface area contributed by atoms with Crippen LogP contribution < -0.4 is 0 Å². The van der Waals surface area contributed by atoms with E-state index in [4.69, 9.17) is 9.84 Å². The lowest BCUT2D eigenvalue weighted by molar-refractivity contribution is -0.144. The number of fused-ring (bicyclic) bond motifs is 3. The summed E-state index contributed by atoms with van der Waals surface area (Å²) in [5.74, 6) is -2.79. The van der Waals surface area contributed by atoms with Crippen LogP contribution in [0.5, 0.6) is 0 Å². The molecule has 0 amide bonds. The molecule has 1 aromatic heterocycles. The number of nitrogens with zero attached hydrogens (tertiary/aromatic N) is 1. The highest BCUT2D eigenvalue weighted by atomic mass is 19.1. The highest BCUT2D eigenvalue weighted by molar-refractivity contribution is 5.93. The second kappa shape index (κ2) is 6.97. The summed E-state index contributed by atoms with van der Waals surface area (Å²) in [5.41, 5.74) is 0.964. The van der Waals surface area contributed by atoms with Crippen molar-refractivity contribution in [1.29, 1.82) is 5.26 Å². The molecule has 0 saturated heterocycles. The molecule has 7 nitrogen and oxygen atoms in total. The van der Waals surface area contributed by atoms with Gasteiger partial charge in [-0.15, -0.1) is 0 Å². The molecule has 3 aromatic rings. The summed E-state index contributed by atoms with van der Waals surface area (Å²) < 4.78 is 20.7. The highest BCUT2D eigenvalue weighted by Gasteiger charge is 2.44. The molecule has 4 rings (SSSR count). The summed E-state index contributed by atoms with van der Waals surface area (Å²) >= 11 is 0. The van der Waals surface area contributed by atoms with Gasteiger partial charge in [-0.25, -0.2) is 9.18 Å². The second-order valence-electron chi connectivity index (χ2n) is 7.27. The monoisotopic (exact) mass is 408 g/mol. The Labute approximate surface area is 170 Å². The van der Waals surface area contributed by atoms with Crippen molar-refractivity contribution >= 4 is 22.8 Å². The van der Waals surface area contributed by atoms with Gasteiger partial charge in [-0.1, -0.05) is 12.1 Å². The van der Waals surface area contributed by atoms with Crippen LogP contribution in [-0.2, 0) is 21.6 Å². The molecule has 1 unspecified atom stereocenters. The number of aryl methyl sites for hydroxylation is 1. The van der Waals surface area contributed by atoms with Crippen LogP contribution in [0.25, 0.3) is 10.9 Å². The molecule has 1 atom stereocenters. The third-order valence-corrected chi connectivity index (χ3v) is 5.54. The van der Waals surface area contributed by atoms with Gasteiger partial charge in [-0.2, -0.15) is 5.26 Å². The number of hydrogen-bond acceptors (Lipinski definition) is 4. The topological polar surface area (TPSA) is 123 Å². The number of aliphatic carboxylic acids is 1. The summed E-state index contributed by atoms with van der Waals surface area (Å²) in [6.45, 7) is 1.81.